The van der Waals surface area contributed by atoms with Gasteiger partial charge in [0.05, 0.1) is 6.20 Å². The monoisotopic (exact) mass is 281 g/mol. The van der Waals surface area contributed by atoms with E-state index < -0.39 is 16.1 Å². The molecule has 0 fully saturated rings. The molecule has 0 aliphatic carbocycles. The Bertz CT molecular complexity index is 679. The Balaban J connectivity index is 2.21. The lowest BCUT2D eigenvalue weighted by molar-refractivity contribution is 0.473. The maximum atomic E-state index is 12.1. The third-order valence-corrected chi connectivity index (χ3v) is 4.12. The number of H-pyrrole nitrogens is 1. The van der Waals surface area contributed by atoms with Gasteiger partial charge >= 0.3 is 0 Å². The van der Waals surface area contributed by atoms with E-state index in [1.54, 1.807) is 26.0 Å². The van der Waals surface area contributed by atoms with Crippen molar-refractivity contribution in [1.82, 2.24) is 14.7 Å². The van der Waals surface area contributed by atoms with Gasteiger partial charge in [0.1, 0.15) is 11.6 Å². The van der Waals surface area contributed by atoms with Crippen LogP contribution in [-0.2, 0) is 10.0 Å². The molecule has 0 spiro atoms. The summed E-state index contributed by atoms with van der Waals surface area (Å²) >= 11 is 0. The van der Waals surface area contributed by atoms with E-state index in [1.807, 2.05) is 0 Å². The van der Waals surface area contributed by atoms with Crippen molar-refractivity contribution < 1.29 is 13.5 Å². The molecular weight excluding hydrogens is 266 g/mol. The summed E-state index contributed by atoms with van der Waals surface area (Å²) < 4.78 is 26.7. The van der Waals surface area contributed by atoms with Gasteiger partial charge < -0.3 is 10.1 Å². The van der Waals surface area contributed by atoms with Crippen molar-refractivity contribution in [3.63, 3.8) is 0 Å². The molecule has 0 saturated heterocycles. The molecule has 1 atom stereocenters. The first-order valence-electron chi connectivity index (χ1n) is 5.71. The van der Waals surface area contributed by atoms with E-state index in [-0.39, 0.29) is 10.8 Å². The van der Waals surface area contributed by atoms with Crippen LogP contribution in [0.4, 0.5) is 0 Å². The minimum atomic E-state index is -3.65. The fourth-order valence-electron chi connectivity index (χ4n) is 1.69. The standard InChI is InChI=1S/C12H15N3O3S/c1-8(10-4-3-5-11(16)6-10)15-19(17,18)12-7-13-9(2)14-12/h3-8,15-16H,1-2H3,(H,13,14). The minimum absolute atomic E-state index is 0.0250. The van der Waals surface area contributed by atoms with Crippen molar-refractivity contribution in [3.8, 4) is 5.75 Å². The van der Waals surface area contributed by atoms with Gasteiger partial charge in [-0.15, -0.1) is 0 Å². The number of aromatic nitrogens is 2. The summed E-state index contributed by atoms with van der Waals surface area (Å²) in [6.45, 7) is 3.38. The van der Waals surface area contributed by atoms with Gasteiger partial charge in [0.2, 0.25) is 0 Å². The topological polar surface area (TPSA) is 95.1 Å². The summed E-state index contributed by atoms with van der Waals surface area (Å²) in [5.41, 5.74) is 0.680. The van der Waals surface area contributed by atoms with Gasteiger partial charge in [-0.25, -0.2) is 18.1 Å². The molecule has 1 aromatic carbocycles. The van der Waals surface area contributed by atoms with Crippen LogP contribution >= 0.6 is 0 Å². The van der Waals surface area contributed by atoms with Crippen molar-refractivity contribution in [2.45, 2.75) is 24.9 Å². The Kier molecular flexibility index (Phi) is 3.59. The van der Waals surface area contributed by atoms with Gasteiger partial charge in [0, 0.05) is 6.04 Å². The Labute approximate surface area is 111 Å². The average Bonchev–Trinajstić information content (AvgIpc) is 2.76. The van der Waals surface area contributed by atoms with Gasteiger partial charge in [-0.2, -0.15) is 0 Å². The number of aromatic hydroxyl groups is 1. The fourth-order valence-corrected chi connectivity index (χ4v) is 2.90. The molecule has 0 bridgehead atoms. The number of benzene rings is 1. The predicted octanol–water partition coefficient (Wildman–Crippen LogP) is 1.46. The molecule has 0 aliphatic heterocycles. The largest absolute Gasteiger partial charge is 0.508 e. The highest BCUT2D eigenvalue weighted by atomic mass is 32.2. The molecule has 102 valence electrons. The maximum Gasteiger partial charge on any atom is 0.258 e. The van der Waals surface area contributed by atoms with Crippen LogP contribution in [0.3, 0.4) is 0 Å². The van der Waals surface area contributed by atoms with Gasteiger partial charge in [-0.3, -0.25) is 0 Å². The van der Waals surface area contributed by atoms with Crippen LogP contribution in [0, 0.1) is 6.92 Å². The van der Waals surface area contributed by atoms with E-state index in [0.29, 0.717) is 11.4 Å². The fraction of sp³-hybridized carbons (Fsp3) is 0.250. The number of sulfonamides is 1. The number of hydrogen-bond donors (Lipinski definition) is 3. The number of rotatable bonds is 4. The normalized spacial score (nSPS) is 13.4. The van der Waals surface area contributed by atoms with Crippen LogP contribution in [0.25, 0.3) is 0 Å². The average molecular weight is 281 g/mol. The molecular formula is C12H15N3O3S. The molecule has 1 heterocycles. The summed E-state index contributed by atoms with van der Waals surface area (Å²) in [5.74, 6) is 0.631. The van der Waals surface area contributed by atoms with Crippen molar-refractivity contribution in [2.24, 2.45) is 0 Å². The molecule has 0 radical (unpaired) electrons. The van der Waals surface area contributed by atoms with E-state index in [4.69, 9.17) is 0 Å². The van der Waals surface area contributed by atoms with Gasteiger partial charge in [-0.1, -0.05) is 12.1 Å². The minimum Gasteiger partial charge on any atom is -0.508 e. The molecule has 2 aromatic rings. The lowest BCUT2D eigenvalue weighted by Crippen LogP contribution is -2.27. The lowest BCUT2D eigenvalue weighted by Gasteiger charge is -2.13. The van der Waals surface area contributed by atoms with E-state index in [1.165, 1.54) is 18.3 Å². The van der Waals surface area contributed by atoms with Gasteiger partial charge in [0.15, 0.2) is 5.03 Å². The maximum absolute atomic E-state index is 12.1. The third-order valence-electron chi connectivity index (χ3n) is 2.67. The second-order valence-corrected chi connectivity index (χ2v) is 5.95. The molecule has 19 heavy (non-hydrogen) atoms. The highest BCUT2D eigenvalue weighted by Crippen LogP contribution is 2.19. The second kappa shape index (κ2) is 5.02. The zero-order valence-corrected chi connectivity index (χ0v) is 11.4. The Morgan fingerprint density at radius 2 is 2.16 bits per heavy atom. The van der Waals surface area contributed by atoms with E-state index >= 15 is 0 Å². The Hall–Kier alpha value is -1.86. The first-order chi connectivity index (χ1) is 8.88. The molecule has 6 nitrogen and oxygen atoms in total. The first-order valence-corrected chi connectivity index (χ1v) is 7.19. The number of hydrogen-bond acceptors (Lipinski definition) is 4. The SMILES string of the molecule is Cc1ncc(S(=O)(=O)NC(C)c2cccc(O)c2)[nH]1. The second-order valence-electron chi connectivity index (χ2n) is 4.27. The summed E-state index contributed by atoms with van der Waals surface area (Å²) in [4.78, 5) is 6.54. The number of aryl methyl sites for hydroxylation is 1. The summed E-state index contributed by atoms with van der Waals surface area (Å²) in [7, 11) is -3.65. The third kappa shape index (κ3) is 3.12. The molecule has 0 saturated carbocycles. The molecule has 0 aliphatic rings. The van der Waals surface area contributed by atoms with Crippen molar-refractivity contribution in [3.05, 3.63) is 41.9 Å². The number of aromatic amines is 1. The molecule has 0 amide bonds. The number of imidazole rings is 1. The van der Waals surface area contributed by atoms with Crippen LogP contribution in [-0.4, -0.2) is 23.5 Å². The quantitative estimate of drug-likeness (QED) is 0.790. The Morgan fingerprint density at radius 3 is 2.74 bits per heavy atom. The van der Waals surface area contributed by atoms with E-state index in [2.05, 4.69) is 14.7 Å². The van der Waals surface area contributed by atoms with Crippen LogP contribution in [0.1, 0.15) is 24.4 Å². The lowest BCUT2D eigenvalue weighted by atomic mass is 10.1. The smallest absolute Gasteiger partial charge is 0.258 e. The highest BCUT2D eigenvalue weighted by Gasteiger charge is 2.20. The molecule has 1 aromatic heterocycles. The number of phenolic OH excluding ortho intramolecular Hbond substituents is 1. The summed E-state index contributed by atoms with van der Waals surface area (Å²) in [6, 6.07) is 6.00. The van der Waals surface area contributed by atoms with Gasteiger partial charge in [-0.05, 0) is 31.5 Å². The zero-order chi connectivity index (χ0) is 14.0. The molecule has 2 rings (SSSR count). The first kappa shape index (κ1) is 13.6. The van der Waals surface area contributed by atoms with Gasteiger partial charge in [0.25, 0.3) is 10.0 Å². The van der Waals surface area contributed by atoms with Crippen LogP contribution < -0.4 is 4.72 Å². The van der Waals surface area contributed by atoms with E-state index in [9.17, 15) is 13.5 Å². The number of nitrogens with zero attached hydrogens (tertiary/aromatic N) is 1. The molecule has 3 N–H and O–H groups in total. The summed E-state index contributed by atoms with van der Waals surface area (Å²) in [6.07, 6.45) is 1.27. The summed E-state index contributed by atoms with van der Waals surface area (Å²) in [5, 5.41) is 9.41. The van der Waals surface area contributed by atoms with Crippen LogP contribution in [0.15, 0.2) is 35.5 Å². The molecule has 7 heteroatoms. The van der Waals surface area contributed by atoms with E-state index in [0.717, 1.165) is 0 Å². The van der Waals surface area contributed by atoms with Crippen molar-refractivity contribution in [2.75, 3.05) is 0 Å². The van der Waals surface area contributed by atoms with Crippen molar-refractivity contribution in [1.29, 1.82) is 0 Å². The Morgan fingerprint density at radius 1 is 1.42 bits per heavy atom. The highest BCUT2D eigenvalue weighted by molar-refractivity contribution is 7.89. The number of nitrogens with one attached hydrogen (secondary N) is 2. The van der Waals surface area contributed by atoms with Crippen LogP contribution in [0.2, 0.25) is 0 Å². The predicted molar refractivity (Wildman–Crippen MR) is 70.2 cm³/mol. The zero-order valence-electron chi connectivity index (χ0n) is 10.6. The molecule has 1 unspecified atom stereocenters. The number of phenols is 1. The van der Waals surface area contributed by atoms with Crippen LogP contribution in [0.5, 0.6) is 5.75 Å². The van der Waals surface area contributed by atoms with Crippen molar-refractivity contribution >= 4 is 10.0 Å².